The first kappa shape index (κ1) is 13.3. The average Bonchev–Trinajstić information content (AvgIpc) is 3.14. The van der Waals surface area contributed by atoms with Crippen LogP contribution in [0.3, 0.4) is 0 Å². The summed E-state index contributed by atoms with van der Waals surface area (Å²) in [5.41, 5.74) is 0. The van der Waals surface area contributed by atoms with Crippen molar-refractivity contribution in [1.29, 1.82) is 0 Å². The predicted octanol–water partition coefficient (Wildman–Crippen LogP) is 0.612. The maximum Gasteiger partial charge on any atom is 0.246 e. The summed E-state index contributed by atoms with van der Waals surface area (Å²) in [6.45, 7) is 7.08. The van der Waals surface area contributed by atoms with E-state index in [1.54, 1.807) is 0 Å². The normalized spacial score (nSPS) is 32.8. The summed E-state index contributed by atoms with van der Waals surface area (Å²) in [5, 5.41) is 11.5. The van der Waals surface area contributed by atoms with Crippen molar-refractivity contribution in [2.75, 3.05) is 42.9 Å². The van der Waals surface area contributed by atoms with Crippen LogP contribution in [0.2, 0.25) is 0 Å². The number of hydrogen-bond acceptors (Lipinski definition) is 6. The fourth-order valence-electron chi connectivity index (χ4n) is 3.58. The lowest BCUT2D eigenvalue weighted by molar-refractivity contribution is 0.0172. The van der Waals surface area contributed by atoms with Crippen LogP contribution in [0.25, 0.3) is 0 Å². The van der Waals surface area contributed by atoms with Crippen LogP contribution < -0.4 is 15.5 Å². The molecule has 3 atom stereocenters. The second-order valence-corrected chi connectivity index (χ2v) is 6.26. The monoisotopic (exact) mass is 292 g/mol. The third-order valence-electron chi connectivity index (χ3n) is 4.75. The lowest BCUT2D eigenvalue weighted by Crippen LogP contribution is -2.44. The van der Waals surface area contributed by atoms with Crippen molar-refractivity contribution in [3.8, 4) is 0 Å². The molecule has 0 aliphatic carbocycles. The van der Waals surface area contributed by atoms with Gasteiger partial charge in [-0.15, -0.1) is 5.10 Å². The summed E-state index contributed by atoms with van der Waals surface area (Å²) >= 11 is 0. The molecule has 2 N–H and O–H groups in total. The lowest BCUT2D eigenvalue weighted by atomic mass is 10.0. The number of rotatable bonds is 2. The molecule has 4 rings (SSSR count). The SMILES string of the molecule is CC1CCC(C2CCNc3nc(N4CCNCC4)nn32)O1. The van der Waals surface area contributed by atoms with Gasteiger partial charge in [0.05, 0.1) is 18.2 Å². The molecule has 7 nitrogen and oxygen atoms in total. The number of piperazine rings is 1. The Bertz CT molecular complexity index is 498. The zero-order chi connectivity index (χ0) is 14.2. The number of hydrogen-bond donors (Lipinski definition) is 2. The van der Waals surface area contributed by atoms with E-state index in [0.717, 1.165) is 63.9 Å². The highest BCUT2D eigenvalue weighted by Gasteiger charge is 2.35. The van der Waals surface area contributed by atoms with Gasteiger partial charge in [-0.25, -0.2) is 4.68 Å². The largest absolute Gasteiger partial charge is 0.373 e. The smallest absolute Gasteiger partial charge is 0.246 e. The number of aromatic nitrogens is 3. The maximum absolute atomic E-state index is 6.07. The molecule has 3 aliphatic heterocycles. The van der Waals surface area contributed by atoms with E-state index in [1.165, 1.54) is 0 Å². The molecule has 116 valence electrons. The first-order valence-electron chi connectivity index (χ1n) is 8.13. The minimum Gasteiger partial charge on any atom is -0.373 e. The van der Waals surface area contributed by atoms with Crippen LogP contribution in [0.15, 0.2) is 0 Å². The summed E-state index contributed by atoms with van der Waals surface area (Å²) in [6.07, 6.45) is 4.02. The molecule has 3 aliphatic rings. The first-order chi connectivity index (χ1) is 10.3. The summed E-state index contributed by atoms with van der Waals surface area (Å²) in [6, 6.07) is 0.329. The van der Waals surface area contributed by atoms with Gasteiger partial charge in [0.1, 0.15) is 0 Å². The lowest BCUT2D eigenvalue weighted by Gasteiger charge is -2.29. The Hall–Kier alpha value is -1.34. The Morgan fingerprint density at radius 2 is 2.00 bits per heavy atom. The molecule has 0 amide bonds. The predicted molar refractivity (Wildman–Crippen MR) is 80.8 cm³/mol. The van der Waals surface area contributed by atoms with Gasteiger partial charge in [-0.05, 0) is 26.2 Å². The Kier molecular flexibility index (Phi) is 3.46. The molecular weight excluding hydrogens is 268 g/mol. The van der Waals surface area contributed by atoms with E-state index in [4.69, 9.17) is 14.8 Å². The molecule has 3 unspecified atom stereocenters. The Morgan fingerprint density at radius 1 is 1.14 bits per heavy atom. The summed E-state index contributed by atoms with van der Waals surface area (Å²) in [5.74, 6) is 1.76. The van der Waals surface area contributed by atoms with E-state index >= 15 is 0 Å². The van der Waals surface area contributed by atoms with Gasteiger partial charge >= 0.3 is 0 Å². The molecular formula is C14H24N6O. The van der Waals surface area contributed by atoms with E-state index in [-0.39, 0.29) is 0 Å². The van der Waals surface area contributed by atoms with Crippen LogP contribution in [0, 0.1) is 0 Å². The second-order valence-electron chi connectivity index (χ2n) is 6.26. The third-order valence-corrected chi connectivity index (χ3v) is 4.75. The topological polar surface area (TPSA) is 67.2 Å². The van der Waals surface area contributed by atoms with E-state index in [1.807, 2.05) is 0 Å². The van der Waals surface area contributed by atoms with E-state index in [9.17, 15) is 0 Å². The molecule has 0 saturated carbocycles. The number of anilines is 2. The van der Waals surface area contributed by atoms with Crippen molar-refractivity contribution in [3.63, 3.8) is 0 Å². The molecule has 2 fully saturated rings. The number of ether oxygens (including phenoxy) is 1. The minimum atomic E-state index is 0.290. The molecule has 21 heavy (non-hydrogen) atoms. The van der Waals surface area contributed by atoms with Crippen LogP contribution in [0.1, 0.15) is 32.2 Å². The zero-order valence-electron chi connectivity index (χ0n) is 12.6. The third kappa shape index (κ3) is 2.48. The molecule has 2 saturated heterocycles. The molecule has 7 heteroatoms. The van der Waals surface area contributed by atoms with Crippen molar-refractivity contribution in [3.05, 3.63) is 0 Å². The van der Waals surface area contributed by atoms with Crippen molar-refractivity contribution >= 4 is 11.9 Å². The standard InChI is InChI=1S/C14H24N6O/c1-10-2-3-12(21-10)11-4-5-16-13-17-14(18-20(11)13)19-8-6-15-7-9-19/h10-12,15H,2-9H2,1H3,(H,16,17,18). The molecule has 1 aromatic rings. The summed E-state index contributed by atoms with van der Waals surface area (Å²) < 4.78 is 8.15. The molecule has 0 aromatic carbocycles. The highest BCUT2D eigenvalue weighted by Crippen LogP contribution is 2.34. The van der Waals surface area contributed by atoms with Gasteiger partial charge in [-0.2, -0.15) is 4.98 Å². The van der Waals surface area contributed by atoms with Crippen LogP contribution >= 0.6 is 0 Å². The van der Waals surface area contributed by atoms with Gasteiger partial charge in [-0.1, -0.05) is 0 Å². The molecule has 1 aromatic heterocycles. The van der Waals surface area contributed by atoms with Crippen molar-refractivity contribution in [2.24, 2.45) is 0 Å². The maximum atomic E-state index is 6.07. The van der Waals surface area contributed by atoms with Crippen LogP contribution in [-0.4, -0.2) is 59.7 Å². The highest BCUT2D eigenvalue weighted by molar-refractivity contribution is 5.40. The van der Waals surface area contributed by atoms with Gasteiger partial charge in [0.2, 0.25) is 11.9 Å². The van der Waals surface area contributed by atoms with Gasteiger partial charge < -0.3 is 20.3 Å². The summed E-state index contributed by atoms with van der Waals surface area (Å²) in [7, 11) is 0. The number of fused-ring (bicyclic) bond motifs is 1. The van der Waals surface area contributed by atoms with Crippen LogP contribution in [0.5, 0.6) is 0 Å². The molecule has 4 heterocycles. The molecule has 0 radical (unpaired) electrons. The first-order valence-corrected chi connectivity index (χ1v) is 8.13. The quantitative estimate of drug-likeness (QED) is 0.832. The van der Waals surface area contributed by atoms with Gasteiger partial charge in [0.15, 0.2) is 0 Å². The fourth-order valence-corrected chi connectivity index (χ4v) is 3.58. The van der Waals surface area contributed by atoms with Crippen LogP contribution in [0.4, 0.5) is 11.9 Å². The van der Waals surface area contributed by atoms with Crippen molar-refractivity contribution in [2.45, 2.75) is 44.4 Å². The van der Waals surface area contributed by atoms with E-state index in [0.29, 0.717) is 18.2 Å². The van der Waals surface area contributed by atoms with Crippen molar-refractivity contribution in [1.82, 2.24) is 20.1 Å². The fraction of sp³-hybridized carbons (Fsp3) is 0.857. The Labute approximate surface area is 125 Å². The van der Waals surface area contributed by atoms with Gasteiger partial charge in [0.25, 0.3) is 0 Å². The Balaban J connectivity index is 1.57. The average molecular weight is 292 g/mol. The summed E-state index contributed by atoms with van der Waals surface area (Å²) in [4.78, 5) is 6.96. The van der Waals surface area contributed by atoms with E-state index in [2.05, 4.69) is 27.1 Å². The number of nitrogens with one attached hydrogen (secondary N) is 2. The molecule has 0 bridgehead atoms. The Morgan fingerprint density at radius 3 is 2.76 bits per heavy atom. The zero-order valence-corrected chi connectivity index (χ0v) is 12.6. The van der Waals surface area contributed by atoms with Crippen LogP contribution in [-0.2, 0) is 4.74 Å². The van der Waals surface area contributed by atoms with Gasteiger partial charge in [0, 0.05) is 32.7 Å². The van der Waals surface area contributed by atoms with Gasteiger partial charge in [-0.3, -0.25) is 0 Å². The molecule has 0 spiro atoms. The van der Waals surface area contributed by atoms with Crippen molar-refractivity contribution < 1.29 is 4.74 Å². The minimum absolute atomic E-state index is 0.290. The number of nitrogens with zero attached hydrogens (tertiary/aromatic N) is 4. The van der Waals surface area contributed by atoms with E-state index < -0.39 is 0 Å². The highest BCUT2D eigenvalue weighted by atomic mass is 16.5. The second kappa shape index (κ2) is 5.46.